The van der Waals surface area contributed by atoms with E-state index in [1.54, 1.807) is 42.5 Å². The fourth-order valence-electron chi connectivity index (χ4n) is 4.00. The molecule has 0 saturated carbocycles. The van der Waals surface area contributed by atoms with Crippen molar-refractivity contribution in [2.75, 3.05) is 40.6 Å². The first-order chi connectivity index (χ1) is 20.7. The van der Waals surface area contributed by atoms with Crippen molar-refractivity contribution in [2.24, 2.45) is 0 Å². The number of fused-ring (bicyclic) bond motifs is 1. The van der Waals surface area contributed by atoms with Gasteiger partial charge in [-0.05, 0) is 54.4 Å². The third-order valence-electron chi connectivity index (χ3n) is 6.11. The van der Waals surface area contributed by atoms with Crippen LogP contribution < -0.4 is 9.47 Å². The number of oxazole rings is 1. The van der Waals surface area contributed by atoms with E-state index < -0.39 is 5.97 Å². The van der Waals surface area contributed by atoms with Crippen LogP contribution in [0, 0.1) is 0 Å². The van der Waals surface area contributed by atoms with Crippen molar-refractivity contribution in [3.05, 3.63) is 73.7 Å². The van der Waals surface area contributed by atoms with Gasteiger partial charge in [-0.1, -0.05) is 46.4 Å². The van der Waals surface area contributed by atoms with Crippen molar-refractivity contribution in [3.63, 3.8) is 0 Å². The fourth-order valence-corrected chi connectivity index (χ4v) is 5.23. The normalized spacial score (nSPS) is 11.0. The summed E-state index contributed by atoms with van der Waals surface area (Å²) in [5.41, 5.74) is 2.70. The van der Waals surface area contributed by atoms with Gasteiger partial charge in [0.25, 0.3) is 0 Å². The maximum absolute atomic E-state index is 11.8. The van der Waals surface area contributed by atoms with Crippen LogP contribution in [0.1, 0.15) is 28.8 Å². The molecule has 0 unspecified atom stereocenters. The number of ether oxygens (including phenoxy) is 5. The first-order valence-corrected chi connectivity index (χ1v) is 14.6. The van der Waals surface area contributed by atoms with Crippen molar-refractivity contribution in [1.82, 2.24) is 4.98 Å². The minimum atomic E-state index is -0.474. The van der Waals surface area contributed by atoms with E-state index in [2.05, 4.69) is 9.72 Å². The van der Waals surface area contributed by atoms with Crippen molar-refractivity contribution < 1.29 is 37.7 Å². The molecule has 9 nitrogen and oxygen atoms in total. The Bertz CT molecular complexity index is 1560. The number of benzene rings is 3. The summed E-state index contributed by atoms with van der Waals surface area (Å²) in [6.45, 7) is 1.25. The van der Waals surface area contributed by atoms with Crippen LogP contribution in [-0.4, -0.2) is 57.6 Å². The van der Waals surface area contributed by atoms with E-state index in [1.807, 2.05) is 0 Å². The number of aromatic nitrogens is 1. The third-order valence-corrected chi connectivity index (χ3v) is 7.23. The van der Waals surface area contributed by atoms with Crippen LogP contribution in [0.4, 0.5) is 0 Å². The predicted molar refractivity (Wildman–Crippen MR) is 164 cm³/mol. The number of aryl methyl sites for hydroxylation is 1. The van der Waals surface area contributed by atoms with E-state index in [1.165, 1.54) is 14.2 Å². The van der Waals surface area contributed by atoms with Gasteiger partial charge < -0.3 is 28.1 Å². The Morgan fingerprint density at radius 1 is 0.791 bits per heavy atom. The molecule has 1 aromatic heterocycles. The molecule has 1 heterocycles. The molecule has 0 bridgehead atoms. The van der Waals surface area contributed by atoms with Crippen molar-refractivity contribution in [2.45, 2.75) is 19.3 Å². The van der Waals surface area contributed by atoms with Gasteiger partial charge >= 0.3 is 11.9 Å². The first kappa shape index (κ1) is 32.7. The highest BCUT2D eigenvalue weighted by Gasteiger charge is 2.17. The zero-order valence-corrected chi connectivity index (χ0v) is 26.2. The minimum Gasteiger partial charge on any atom is -0.490 e. The fraction of sp³-hybridized carbons (Fsp3) is 0.300. The Labute approximate surface area is 267 Å². The highest BCUT2D eigenvalue weighted by molar-refractivity contribution is 6.38. The highest BCUT2D eigenvalue weighted by atomic mass is 35.5. The SMILES string of the molecule is COC(=O)CCc1cc(Cl)c(OCCOCCCOc2c(Cl)cc(-c3nc4ccc(C(=O)OC)cc4o3)cc2Cl)c(Cl)c1. The summed E-state index contributed by atoms with van der Waals surface area (Å²) in [7, 11) is 2.65. The van der Waals surface area contributed by atoms with E-state index >= 15 is 0 Å². The van der Waals surface area contributed by atoms with Gasteiger partial charge in [0.1, 0.15) is 12.1 Å². The number of carbonyl (C=O) groups is 2. The maximum Gasteiger partial charge on any atom is 0.337 e. The van der Waals surface area contributed by atoms with E-state index in [9.17, 15) is 9.59 Å². The van der Waals surface area contributed by atoms with E-state index in [0.717, 1.165) is 5.56 Å². The second-order valence-corrected chi connectivity index (χ2v) is 10.7. The Morgan fingerprint density at radius 2 is 1.44 bits per heavy atom. The van der Waals surface area contributed by atoms with Crippen molar-refractivity contribution >= 4 is 69.4 Å². The second kappa shape index (κ2) is 15.5. The van der Waals surface area contributed by atoms with Gasteiger partial charge in [-0.3, -0.25) is 4.79 Å². The quantitative estimate of drug-likeness (QED) is 0.0978. The number of carbonyl (C=O) groups excluding carboxylic acids is 2. The molecular weight excluding hydrogens is 644 g/mol. The topological polar surface area (TPSA) is 106 Å². The molecule has 43 heavy (non-hydrogen) atoms. The lowest BCUT2D eigenvalue weighted by Gasteiger charge is -2.13. The van der Waals surface area contributed by atoms with Gasteiger partial charge in [-0.25, -0.2) is 9.78 Å². The largest absolute Gasteiger partial charge is 0.490 e. The summed E-state index contributed by atoms with van der Waals surface area (Å²) in [5, 5.41) is 1.28. The van der Waals surface area contributed by atoms with Crippen LogP contribution in [0.5, 0.6) is 11.5 Å². The van der Waals surface area contributed by atoms with Gasteiger partial charge in [0.2, 0.25) is 5.89 Å². The van der Waals surface area contributed by atoms with E-state index in [4.69, 9.17) is 69.8 Å². The number of hydrogen-bond acceptors (Lipinski definition) is 9. The lowest BCUT2D eigenvalue weighted by atomic mass is 10.1. The highest BCUT2D eigenvalue weighted by Crippen LogP contribution is 2.38. The maximum atomic E-state index is 11.8. The molecule has 13 heteroatoms. The number of rotatable bonds is 14. The van der Waals surface area contributed by atoms with Crippen LogP contribution in [0.3, 0.4) is 0 Å². The number of nitrogens with zero attached hydrogens (tertiary/aromatic N) is 1. The van der Waals surface area contributed by atoms with Crippen molar-refractivity contribution in [3.8, 4) is 23.0 Å². The summed E-state index contributed by atoms with van der Waals surface area (Å²) < 4.78 is 32.3. The van der Waals surface area contributed by atoms with Crippen molar-refractivity contribution in [1.29, 1.82) is 0 Å². The Balaban J connectivity index is 1.21. The van der Waals surface area contributed by atoms with E-state index in [-0.39, 0.29) is 19.0 Å². The minimum absolute atomic E-state index is 0.228. The molecule has 0 radical (unpaired) electrons. The van der Waals surface area contributed by atoms with Crippen LogP contribution in [-0.2, 0) is 25.4 Å². The second-order valence-electron chi connectivity index (χ2n) is 9.09. The van der Waals surface area contributed by atoms with Gasteiger partial charge in [-0.15, -0.1) is 0 Å². The van der Waals surface area contributed by atoms with Gasteiger partial charge in [0.05, 0.1) is 53.1 Å². The first-order valence-electron chi connectivity index (χ1n) is 13.1. The molecule has 0 atom stereocenters. The lowest BCUT2D eigenvalue weighted by Crippen LogP contribution is -2.10. The van der Waals surface area contributed by atoms with Crippen LogP contribution in [0.25, 0.3) is 22.6 Å². The molecule has 4 aromatic rings. The molecule has 4 rings (SSSR count). The summed E-state index contributed by atoms with van der Waals surface area (Å²) >= 11 is 25.5. The molecule has 0 aliphatic carbocycles. The monoisotopic (exact) mass is 669 g/mol. The molecule has 0 N–H and O–H groups in total. The summed E-state index contributed by atoms with van der Waals surface area (Å²) in [6, 6.07) is 11.5. The van der Waals surface area contributed by atoms with Gasteiger partial charge in [0, 0.05) is 25.0 Å². The van der Waals surface area contributed by atoms with E-state index in [0.29, 0.717) is 92.4 Å². The average Bonchev–Trinajstić information content (AvgIpc) is 3.42. The summed E-state index contributed by atoms with van der Waals surface area (Å²) in [5.74, 6) is 0.194. The molecule has 0 saturated heterocycles. The van der Waals surface area contributed by atoms with Gasteiger partial charge in [-0.2, -0.15) is 0 Å². The summed E-state index contributed by atoms with van der Waals surface area (Å²) in [6.07, 6.45) is 1.25. The number of halogens is 4. The smallest absolute Gasteiger partial charge is 0.337 e. The van der Waals surface area contributed by atoms with Crippen LogP contribution in [0.2, 0.25) is 20.1 Å². The molecule has 0 aliphatic rings. The zero-order chi connectivity index (χ0) is 30.9. The van der Waals surface area contributed by atoms with Gasteiger partial charge in [0.15, 0.2) is 17.1 Å². The molecular formula is C30H27Cl4NO8. The standard InChI is InChI=1S/C30H27Cl4NO8/c1-38-26(36)7-4-17-12-20(31)27(21(32)13-17)42-11-10-40-8-3-9-41-28-22(33)14-19(15-23(28)34)29-35-24-6-5-18(30(37)39-2)16-25(24)43-29/h5-6,12-16H,3-4,7-11H2,1-2H3. The Morgan fingerprint density at radius 3 is 2.09 bits per heavy atom. The molecule has 3 aromatic carbocycles. The Kier molecular flexibility index (Phi) is 11.8. The van der Waals surface area contributed by atoms with Crippen LogP contribution in [0.15, 0.2) is 46.9 Å². The molecule has 228 valence electrons. The number of hydrogen-bond donors (Lipinski definition) is 0. The third kappa shape index (κ3) is 8.68. The predicted octanol–water partition coefficient (Wildman–Crippen LogP) is 7.87. The lowest BCUT2D eigenvalue weighted by molar-refractivity contribution is -0.140. The number of esters is 2. The summed E-state index contributed by atoms with van der Waals surface area (Å²) in [4.78, 5) is 27.6. The number of methoxy groups -OCH3 is 2. The zero-order valence-electron chi connectivity index (χ0n) is 23.2. The van der Waals surface area contributed by atoms with Crippen LogP contribution >= 0.6 is 46.4 Å². The molecule has 0 aliphatic heterocycles. The molecule has 0 fully saturated rings. The molecule has 0 spiro atoms. The molecule has 0 amide bonds. The average molecular weight is 671 g/mol. The Hall–Kier alpha value is -3.21.